The molecule has 1 heterocycles. The van der Waals surface area contributed by atoms with Gasteiger partial charge in [-0.15, -0.1) is 0 Å². The molecule has 2 aliphatic rings. The smallest absolute Gasteiger partial charge is 0.0979 e. The van der Waals surface area contributed by atoms with Crippen molar-refractivity contribution in [2.75, 3.05) is 0 Å². The monoisotopic (exact) mass is 970 g/mol. The number of benzene rings is 11. The molecule has 12 aromatic rings. The minimum atomic E-state index is -0.0873. The fourth-order valence-electron chi connectivity index (χ4n) is 12.4. The van der Waals surface area contributed by atoms with E-state index in [4.69, 9.17) is 9.97 Å². The van der Waals surface area contributed by atoms with Crippen LogP contribution < -0.4 is 0 Å². The molecule has 76 heavy (non-hydrogen) atoms. The highest BCUT2D eigenvalue weighted by Crippen LogP contribution is 2.51. The Kier molecular flexibility index (Phi) is 10.6. The molecule has 2 heteroatoms. The third-order valence-electron chi connectivity index (χ3n) is 16.5. The molecule has 360 valence electrons. The molecule has 11 aromatic carbocycles. The van der Waals surface area contributed by atoms with Crippen molar-refractivity contribution >= 4 is 11.0 Å². The summed E-state index contributed by atoms with van der Waals surface area (Å²) in [5.74, 6) is 0. The van der Waals surface area contributed by atoms with E-state index in [1.165, 1.54) is 66.8 Å². The van der Waals surface area contributed by atoms with E-state index < -0.39 is 0 Å². The average molecular weight is 971 g/mol. The van der Waals surface area contributed by atoms with Crippen molar-refractivity contribution in [2.45, 2.75) is 38.5 Å². The average Bonchev–Trinajstić information content (AvgIpc) is 3.88. The van der Waals surface area contributed by atoms with E-state index in [1.807, 2.05) is 0 Å². The van der Waals surface area contributed by atoms with Gasteiger partial charge in [0.05, 0.1) is 22.4 Å². The molecule has 1 aromatic heterocycles. The summed E-state index contributed by atoms with van der Waals surface area (Å²) in [6.45, 7) is 9.39. The van der Waals surface area contributed by atoms with E-state index in [-0.39, 0.29) is 10.8 Å². The van der Waals surface area contributed by atoms with E-state index in [0.29, 0.717) is 0 Å². The standard InChI is InChI=1S/C74H54N2/c1-73(2)65-27-13-11-25-61(65)63-39-37-55(45-67(63)73)49-29-33-51(34-30-49)69-70(52-35-31-50(32-36-52)56-38-40-64-62-26-12-14-28-66(62)74(3,4)68(64)46-56)76-72-60(58-24-16-22-54(44-58)48-19-9-6-10-20-48)42-41-59(71(72)75-69)57-23-15-21-53(43-57)47-17-7-5-8-18-47/h5-46H,1-4H3. The first-order valence-corrected chi connectivity index (χ1v) is 26.5. The second-order valence-corrected chi connectivity index (χ2v) is 21.7. The largest absolute Gasteiger partial charge is 0.243 e. The quantitative estimate of drug-likeness (QED) is 0.152. The molecule has 0 N–H and O–H groups in total. The van der Waals surface area contributed by atoms with Crippen molar-refractivity contribution in [2.24, 2.45) is 0 Å². The highest BCUT2D eigenvalue weighted by molar-refractivity contribution is 6.04. The van der Waals surface area contributed by atoms with Gasteiger partial charge in [-0.05, 0) is 124 Å². The van der Waals surface area contributed by atoms with Crippen LogP contribution in [0.5, 0.6) is 0 Å². The lowest BCUT2D eigenvalue weighted by atomic mass is 9.81. The molecule has 0 saturated carbocycles. The molecule has 0 atom stereocenters. The maximum Gasteiger partial charge on any atom is 0.0979 e. The summed E-state index contributed by atoms with van der Waals surface area (Å²) in [4.78, 5) is 11.7. The van der Waals surface area contributed by atoms with E-state index in [2.05, 4.69) is 282 Å². The van der Waals surface area contributed by atoms with Gasteiger partial charge in [-0.2, -0.15) is 0 Å². The van der Waals surface area contributed by atoms with Crippen molar-refractivity contribution in [1.29, 1.82) is 0 Å². The fourth-order valence-corrected chi connectivity index (χ4v) is 12.4. The van der Waals surface area contributed by atoms with Crippen molar-refractivity contribution in [1.82, 2.24) is 9.97 Å². The summed E-state index contributed by atoms with van der Waals surface area (Å²) in [7, 11) is 0. The zero-order chi connectivity index (χ0) is 51.1. The number of hydrogen-bond donors (Lipinski definition) is 0. The minimum absolute atomic E-state index is 0.0873. The topological polar surface area (TPSA) is 25.8 Å². The summed E-state index contributed by atoms with van der Waals surface area (Å²) in [5.41, 5.74) is 29.7. The van der Waals surface area contributed by atoms with Gasteiger partial charge in [0.1, 0.15) is 0 Å². The number of hydrogen-bond acceptors (Lipinski definition) is 2. The zero-order valence-electron chi connectivity index (χ0n) is 43.1. The molecular formula is C74H54N2. The Balaban J connectivity index is 0.946. The molecule has 0 radical (unpaired) electrons. The molecule has 2 aliphatic carbocycles. The molecule has 0 amide bonds. The molecule has 0 bridgehead atoms. The number of rotatable bonds is 8. The van der Waals surface area contributed by atoms with Gasteiger partial charge in [0.2, 0.25) is 0 Å². The Morgan fingerprint density at radius 2 is 0.500 bits per heavy atom. The molecule has 0 unspecified atom stereocenters. The van der Waals surface area contributed by atoms with Crippen LogP contribution in [0.2, 0.25) is 0 Å². The van der Waals surface area contributed by atoms with Gasteiger partial charge in [-0.25, -0.2) is 9.97 Å². The molecular weight excluding hydrogens is 917 g/mol. The van der Waals surface area contributed by atoms with Crippen LogP contribution in [0.3, 0.4) is 0 Å². The molecule has 0 saturated heterocycles. The minimum Gasteiger partial charge on any atom is -0.243 e. The highest BCUT2D eigenvalue weighted by atomic mass is 14.8. The highest BCUT2D eigenvalue weighted by Gasteiger charge is 2.36. The van der Waals surface area contributed by atoms with Gasteiger partial charge in [0.25, 0.3) is 0 Å². The zero-order valence-corrected chi connectivity index (χ0v) is 43.1. The second kappa shape index (κ2) is 17.7. The summed E-state index contributed by atoms with van der Waals surface area (Å²) < 4.78 is 0. The SMILES string of the molecule is CC1(C)c2ccccc2-c2ccc(-c3ccc(-c4nc5c(-c6cccc(-c7ccccc7)c6)ccc(-c6cccc(-c7ccccc7)c6)c5nc4-c4ccc(-c5ccc6c(c5)C(C)(C)c5ccccc5-6)cc4)cc3)cc21. The third kappa shape index (κ3) is 7.47. The van der Waals surface area contributed by atoms with Crippen LogP contribution in [0, 0.1) is 0 Å². The lowest BCUT2D eigenvalue weighted by Gasteiger charge is -2.22. The Labute approximate surface area is 445 Å². The number of nitrogens with zero attached hydrogens (tertiary/aromatic N) is 2. The first-order chi connectivity index (χ1) is 37.2. The number of fused-ring (bicyclic) bond motifs is 7. The Morgan fingerprint density at radius 3 is 0.921 bits per heavy atom. The summed E-state index contributed by atoms with van der Waals surface area (Å²) >= 11 is 0. The Hall–Kier alpha value is -9.24. The second-order valence-electron chi connectivity index (χ2n) is 21.7. The van der Waals surface area contributed by atoms with Crippen molar-refractivity contribution in [3.05, 3.63) is 277 Å². The van der Waals surface area contributed by atoms with Crippen LogP contribution in [-0.2, 0) is 10.8 Å². The predicted molar refractivity (Wildman–Crippen MR) is 318 cm³/mol. The van der Waals surface area contributed by atoms with Crippen LogP contribution in [-0.4, -0.2) is 9.97 Å². The van der Waals surface area contributed by atoms with E-state index >= 15 is 0 Å². The van der Waals surface area contributed by atoms with Crippen molar-refractivity contribution in [3.63, 3.8) is 0 Å². The predicted octanol–water partition coefficient (Wildman–Crippen LogP) is 19.6. The Morgan fingerprint density at radius 1 is 0.211 bits per heavy atom. The maximum atomic E-state index is 5.85. The lowest BCUT2D eigenvalue weighted by Crippen LogP contribution is -2.14. The summed E-state index contributed by atoms with van der Waals surface area (Å²) in [5, 5.41) is 0. The van der Waals surface area contributed by atoms with Crippen LogP contribution in [0.1, 0.15) is 49.9 Å². The first kappa shape index (κ1) is 45.4. The lowest BCUT2D eigenvalue weighted by molar-refractivity contribution is 0.660. The van der Waals surface area contributed by atoms with Gasteiger partial charge in [0, 0.05) is 33.1 Å². The first-order valence-electron chi connectivity index (χ1n) is 26.5. The molecule has 2 nitrogen and oxygen atoms in total. The van der Waals surface area contributed by atoms with Gasteiger partial charge in [0.15, 0.2) is 0 Å². The van der Waals surface area contributed by atoms with Crippen LogP contribution >= 0.6 is 0 Å². The van der Waals surface area contributed by atoms with Gasteiger partial charge in [-0.1, -0.05) is 258 Å². The van der Waals surface area contributed by atoms with Gasteiger partial charge in [-0.3, -0.25) is 0 Å². The summed E-state index contributed by atoms with van der Waals surface area (Å²) in [6.07, 6.45) is 0. The van der Waals surface area contributed by atoms with Crippen LogP contribution in [0.25, 0.3) is 123 Å². The van der Waals surface area contributed by atoms with Gasteiger partial charge < -0.3 is 0 Å². The third-order valence-corrected chi connectivity index (χ3v) is 16.5. The molecule has 0 fully saturated rings. The molecule has 0 spiro atoms. The Bertz CT molecular complexity index is 3960. The van der Waals surface area contributed by atoms with E-state index in [1.54, 1.807) is 0 Å². The van der Waals surface area contributed by atoms with Crippen LogP contribution in [0.15, 0.2) is 255 Å². The fraction of sp³-hybridized carbons (Fsp3) is 0.0811. The van der Waals surface area contributed by atoms with Gasteiger partial charge >= 0.3 is 0 Å². The van der Waals surface area contributed by atoms with E-state index in [9.17, 15) is 0 Å². The summed E-state index contributed by atoms with van der Waals surface area (Å²) in [6, 6.07) is 93.1. The maximum absolute atomic E-state index is 5.85. The van der Waals surface area contributed by atoms with Crippen molar-refractivity contribution in [3.8, 4) is 112 Å². The molecule has 14 rings (SSSR count). The van der Waals surface area contributed by atoms with Crippen molar-refractivity contribution < 1.29 is 0 Å². The van der Waals surface area contributed by atoms with E-state index in [0.717, 1.165) is 78.1 Å². The van der Waals surface area contributed by atoms with Crippen LogP contribution in [0.4, 0.5) is 0 Å². The normalized spacial score (nSPS) is 13.5. The molecule has 0 aliphatic heterocycles. The number of aromatic nitrogens is 2.